The van der Waals surface area contributed by atoms with Gasteiger partial charge in [0.05, 0.1) is 5.69 Å². The maximum Gasteiger partial charge on any atom is 0.251 e. The molecule has 1 aromatic rings. The van der Waals surface area contributed by atoms with Crippen LogP contribution < -0.4 is 16.4 Å². The van der Waals surface area contributed by atoms with Crippen LogP contribution >= 0.6 is 11.8 Å². The average Bonchev–Trinajstić information content (AvgIpc) is 2.75. The molecule has 0 saturated heterocycles. The number of hydrogen-bond acceptors (Lipinski definition) is 4. The van der Waals surface area contributed by atoms with Crippen molar-refractivity contribution in [2.24, 2.45) is 17.6 Å². The van der Waals surface area contributed by atoms with Crippen LogP contribution in [0.15, 0.2) is 23.1 Å². The fourth-order valence-corrected chi connectivity index (χ4v) is 5.56. The third-order valence-corrected chi connectivity index (χ3v) is 6.85. The van der Waals surface area contributed by atoms with Crippen molar-refractivity contribution in [3.63, 3.8) is 0 Å². The maximum atomic E-state index is 12.8. The average molecular weight is 359 g/mol. The Hall–Kier alpha value is -1.53. The second kappa shape index (κ2) is 7.00. The van der Waals surface area contributed by atoms with Gasteiger partial charge in [0.15, 0.2) is 0 Å². The Balaban J connectivity index is 1.51. The second-order valence-electron chi connectivity index (χ2n) is 7.54. The molecule has 6 heteroatoms. The summed E-state index contributed by atoms with van der Waals surface area (Å²) in [5.41, 5.74) is 7.55. The third-order valence-electron chi connectivity index (χ3n) is 5.78. The molecule has 1 aliphatic heterocycles. The normalized spacial score (nSPS) is 31.5. The van der Waals surface area contributed by atoms with E-state index in [1.165, 1.54) is 6.42 Å². The molecule has 2 bridgehead atoms. The van der Waals surface area contributed by atoms with E-state index in [4.69, 9.17) is 5.73 Å². The molecule has 2 unspecified atom stereocenters. The minimum absolute atomic E-state index is 0.0135. The van der Waals surface area contributed by atoms with Gasteiger partial charge in [-0.25, -0.2) is 0 Å². The van der Waals surface area contributed by atoms with Crippen molar-refractivity contribution in [3.05, 3.63) is 23.8 Å². The maximum absolute atomic E-state index is 12.8. The number of amides is 2. The van der Waals surface area contributed by atoms with E-state index < -0.39 is 0 Å². The summed E-state index contributed by atoms with van der Waals surface area (Å²) >= 11 is 1.65. The number of carbonyl (C=O) groups excluding carboxylic acids is 2. The minimum atomic E-state index is -0.0383. The van der Waals surface area contributed by atoms with Gasteiger partial charge in [0.1, 0.15) is 0 Å². The topological polar surface area (TPSA) is 84.2 Å². The molecule has 0 aromatic heterocycles. The van der Waals surface area contributed by atoms with Gasteiger partial charge in [0.2, 0.25) is 5.91 Å². The van der Waals surface area contributed by atoms with Gasteiger partial charge in [-0.15, -0.1) is 11.8 Å². The highest BCUT2D eigenvalue weighted by atomic mass is 32.2. The van der Waals surface area contributed by atoms with Gasteiger partial charge in [0, 0.05) is 34.7 Å². The van der Waals surface area contributed by atoms with E-state index in [-0.39, 0.29) is 23.9 Å². The first-order valence-electron chi connectivity index (χ1n) is 9.23. The van der Waals surface area contributed by atoms with Gasteiger partial charge in [0.25, 0.3) is 5.91 Å². The zero-order chi connectivity index (χ0) is 17.4. The summed E-state index contributed by atoms with van der Waals surface area (Å²) in [7, 11) is 0. The summed E-state index contributed by atoms with van der Waals surface area (Å²) in [5.74, 6) is 1.75. The highest BCUT2D eigenvalue weighted by molar-refractivity contribution is 7.99. The Morgan fingerprint density at radius 2 is 2.00 bits per heavy atom. The summed E-state index contributed by atoms with van der Waals surface area (Å²) in [6.45, 7) is 0. The Kier molecular flexibility index (Phi) is 4.73. The van der Waals surface area contributed by atoms with Crippen molar-refractivity contribution in [2.45, 2.75) is 55.5 Å². The second-order valence-corrected chi connectivity index (χ2v) is 8.68. The standard InChI is InChI=1S/C19H25N3O2S/c20-14-8-11-2-1-3-12(9-14)18(11)22-19(24)13-4-5-16-15(10-13)21-17(23)6-7-25-16/h4-5,10-12,14,18H,1-3,6-9,20H2,(H,21,23)(H,22,24). The predicted molar refractivity (Wildman–Crippen MR) is 99.7 cm³/mol. The highest BCUT2D eigenvalue weighted by Gasteiger charge is 2.40. The molecule has 2 amide bonds. The molecule has 1 heterocycles. The number of nitrogens with two attached hydrogens (primary N) is 1. The van der Waals surface area contributed by atoms with E-state index in [0.29, 0.717) is 23.8 Å². The largest absolute Gasteiger partial charge is 0.349 e. The molecular weight excluding hydrogens is 334 g/mol. The van der Waals surface area contributed by atoms with Gasteiger partial charge in [-0.1, -0.05) is 6.42 Å². The van der Waals surface area contributed by atoms with Crippen LogP contribution in [0.25, 0.3) is 0 Å². The molecule has 134 valence electrons. The molecule has 4 rings (SSSR count). The molecule has 2 saturated carbocycles. The monoisotopic (exact) mass is 359 g/mol. The van der Waals surface area contributed by atoms with E-state index in [9.17, 15) is 9.59 Å². The number of nitrogens with one attached hydrogen (secondary N) is 2. The van der Waals surface area contributed by atoms with E-state index in [0.717, 1.165) is 42.0 Å². The minimum Gasteiger partial charge on any atom is -0.349 e. The number of anilines is 1. The van der Waals surface area contributed by atoms with Crippen molar-refractivity contribution in [2.75, 3.05) is 11.1 Å². The summed E-state index contributed by atoms with van der Waals surface area (Å²) < 4.78 is 0. The fourth-order valence-electron chi connectivity index (χ4n) is 4.62. The Morgan fingerprint density at radius 3 is 2.76 bits per heavy atom. The molecule has 2 aliphatic carbocycles. The molecule has 5 nitrogen and oxygen atoms in total. The van der Waals surface area contributed by atoms with Crippen LogP contribution in [0.2, 0.25) is 0 Å². The van der Waals surface area contributed by atoms with Gasteiger partial charge in [-0.3, -0.25) is 9.59 Å². The van der Waals surface area contributed by atoms with Crippen molar-refractivity contribution in [1.82, 2.24) is 5.32 Å². The van der Waals surface area contributed by atoms with Crippen LogP contribution in [0.3, 0.4) is 0 Å². The molecule has 0 spiro atoms. The Morgan fingerprint density at radius 1 is 1.24 bits per heavy atom. The molecule has 2 atom stereocenters. The van der Waals surface area contributed by atoms with Crippen LogP contribution in [0, 0.1) is 11.8 Å². The summed E-state index contributed by atoms with van der Waals surface area (Å²) in [6.07, 6.45) is 6.10. The van der Waals surface area contributed by atoms with Crippen molar-refractivity contribution >= 4 is 29.3 Å². The molecule has 1 aromatic carbocycles. The number of carbonyl (C=O) groups is 2. The van der Waals surface area contributed by atoms with Gasteiger partial charge >= 0.3 is 0 Å². The van der Waals surface area contributed by atoms with Crippen LogP contribution in [-0.4, -0.2) is 29.7 Å². The first kappa shape index (κ1) is 16.9. The Labute approximate surface area is 152 Å². The lowest BCUT2D eigenvalue weighted by Crippen LogP contribution is -2.53. The molecule has 4 N–H and O–H groups in total. The van der Waals surface area contributed by atoms with Crippen molar-refractivity contribution in [3.8, 4) is 0 Å². The first-order chi connectivity index (χ1) is 12.1. The quantitative estimate of drug-likeness (QED) is 0.758. The number of rotatable bonds is 2. The lowest BCUT2D eigenvalue weighted by atomic mass is 9.67. The Bertz CT molecular complexity index is 679. The number of thioether (sulfide) groups is 1. The molecule has 2 fully saturated rings. The molecule has 25 heavy (non-hydrogen) atoms. The van der Waals surface area contributed by atoms with Crippen LogP contribution in [0.5, 0.6) is 0 Å². The zero-order valence-electron chi connectivity index (χ0n) is 14.3. The predicted octanol–water partition coefficient (Wildman–Crippen LogP) is 2.76. The van der Waals surface area contributed by atoms with Crippen molar-refractivity contribution in [1.29, 1.82) is 0 Å². The van der Waals surface area contributed by atoms with Gasteiger partial charge in [-0.05, 0) is 55.7 Å². The van der Waals surface area contributed by atoms with E-state index in [1.807, 2.05) is 18.2 Å². The summed E-state index contributed by atoms with van der Waals surface area (Å²) in [5, 5.41) is 6.19. The van der Waals surface area contributed by atoms with Crippen LogP contribution in [-0.2, 0) is 4.79 Å². The fraction of sp³-hybridized carbons (Fsp3) is 0.579. The molecular formula is C19H25N3O2S. The highest BCUT2D eigenvalue weighted by Crippen LogP contribution is 2.40. The van der Waals surface area contributed by atoms with Gasteiger partial charge < -0.3 is 16.4 Å². The first-order valence-corrected chi connectivity index (χ1v) is 10.2. The number of fused-ring (bicyclic) bond motifs is 3. The third kappa shape index (κ3) is 3.55. The SMILES string of the molecule is NC1CC2CCCC(C1)C2NC(=O)c1ccc2c(c1)NC(=O)CCS2. The van der Waals surface area contributed by atoms with Crippen LogP contribution in [0.1, 0.15) is 48.9 Å². The number of hydrogen-bond donors (Lipinski definition) is 3. The lowest BCUT2D eigenvalue weighted by molar-refractivity contribution is -0.115. The van der Waals surface area contributed by atoms with Gasteiger partial charge in [-0.2, -0.15) is 0 Å². The molecule has 0 radical (unpaired) electrons. The van der Waals surface area contributed by atoms with Crippen LogP contribution in [0.4, 0.5) is 5.69 Å². The van der Waals surface area contributed by atoms with E-state index >= 15 is 0 Å². The van der Waals surface area contributed by atoms with Crippen molar-refractivity contribution < 1.29 is 9.59 Å². The van der Waals surface area contributed by atoms with E-state index in [2.05, 4.69) is 10.6 Å². The number of benzene rings is 1. The molecule has 3 aliphatic rings. The summed E-state index contributed by atoms with van der Waals surface area (Å²) in [4.78, 5) is 25.6. The lowest BCUT2D eigenvalue weighted by Gasteiger charge is -2.45. The van der Waals surface area contributed by atoms with E-state index in [1.54, 1.807) is 11.8 Å². The smallest absolute Gasteiger partial charge is 0.251 e. The zero-order valence-corrected chi connectivity index (χ0v) is 15.1. The summed E-state index contributed by atoms with van der Waals surface area (Å²) in [6, 6.07) is 6.14.